The molecular formula is C10H20NO. The van der Waals surface area contributed by atoms with E-state index in [2.05, 4.69) is 26.1 Å². The highest BCUT2D eigenvalue weighted by molar-refractivity contribution is 5.58. The molecule has 0 aromatic carbocycles. The van der Waals surface area contributed by atoms with Gasteiger partial charge in [-0.1, -0.05) is 34.6 Å². The Morgan fingerprint density at radius 3 is 2.08 bits per heavy atom. The van der Waals surface area contributed by atoms with Gasteiger partial charge in [0.05, 0.1) is 6.04 Å². The molecule has 1 N–H and O–H groups in total. The molecule has 0 amide bonds. The van der Waals surface area contributed by atoms with Gasteiger partial charge in [-0.15, -0.1) is 0 Å². The van der Waals surface area contributed by atoms with Crippen molar-refractivity contribution in [1.29, 1.82) is 0 Å². The van der Waals surface area contributed by atoms with E-state index >= 15 is 0 Å². The van der Waals surface area contributed by atoms with Crippen LogP contribution in [0.15, 0.2) is 0 Å². The second-order valence-corrected chi connectivity index (χ2v) is 4.76. The molecule has 1 atom stereocenters. The van der Waals surface area contributed by atoms with Gasteiger partial charge in [0, 0.05) is 6.04 Å². The van der Waals surface area contributed by atoms with E-state index in [9.17, 15) is 4.79 Å². The van der Waals surface area contributed by atoms with Crippen LogP contribution in [-0.4, -0.2) is 18.4 Å². The Morgan fingerprint density at radius 2 is 1.83 bits per heavy atom. The van der Waals surface area contributed by atoms with Crippen molar-refractivity contribution < 1.29 is 4.79 Å². The molecular weight excluding hydrogens is 150 g/mol. The van der Waals surface area contributed by atoms with Crippen LogP contribution in [0.4, 0.5) is 0 Å². The summed E-state index contributed by atoms with van der Waals surface area (Å²) < 4.78 is 0. The van der Waals surface area contributed by atoms with E-state index in [0.29, 0.717) is 6.04 Å². The third kappa shape index (κ3) is 6.35. The van der Waals surface area contributed by atoms with Gasteiger partial charge in [0.25, 0.3) is 0 Å². The zero-order valence-corrected chi connectivity index (χ0v) is 8.77. The number of hydrogen-bond acceptors (Lipinski definition) is 2. The summed E-state index contributed by atoms with van der Waals surface area (Å²) in [6, 6.07) is 0.226. The first-order valence-corrected chi connectivity index (χ1v) is 4.49. The number of nitrogens with one attached hydrogen (secondary N) is 1. The topological polar surface area (TPSA) is 29.1 Å². The minimum Gasteiger partial charge on any atom is -0.305 e. The van der Waals surface area contributed by atoms with Gasteiger partial charge < -0.3 is 5.32 Å². The summed E-state index contributed by atoms with van der Waals surface area (Å²) in [5, 5.41) is 3.16. The van der Waals surface area contributed by atoms with Crippen LogP contribution in [0.25, 0.3) is 0 Å². The summed E-state index contributed by atoms with van der Waals surface area (Å²) in [6.07, 6.45) is 2.87. The maximum atomic E-state index is 10.5. The molecule has 2 nitrogen and oxygen atoms in total. The van der Waals surface area contributed by atoms with E-state index in [-0.39, 0.29) is 11.5 Å². The summed E-state index contributed by atoms with van der Waals surface area (Å²) in [5.41, 5.74) is 0.184. The Labute approximate surface area is 75.7 Å². The largest absolute Gasteiger partial charge is 0.305 e. The first-order chi connectivity index (χ1) is 5.35. The van der Waals surface area contributed by atoms with Crippen molar-refractivity contribution in [2.45, 2.75) is 53.1 Å². The van der Waals surface area contributed by atoms with E-state index < -0.39 is 0 Å². The van der Waals surface area contributed by atoms with Crippen LogP contribution >= 0.6 is 0 Å². The Bertz CT molecular complexity index is 135. The highest BCUT2D eigenvalue weighted by atomic mass is 16.1. The van der Waals surface area contributed by atoms with Crippen molar-refractivity contribution in [1.82, 2.24) is 5.32 Å². The molecule has 0 rings (SSSR count). The van der Waals surface area contributed by atoms with Crippen LogP contribution in [-0.2, 0) is 4.79 Å². The Morgan fingerprint density at radius 1 is 1.33 bits per heavy atom. The van der Waals surface area contributed by atoms with Gasteiger partial charge in [0.15, 0.2) is 0 Å². The van der Waals surface area contributed by atoms with Gasteiger partial charge in [0.2, 0.25) is 6.29 Å². The van der Waals surface area contributed by atoms with Crippen LogP contribution in [0, 0.1) is 5.41 Å². The molecule has 0 bridgehead atoms. The summed E-state index contributed by atoms with van der Waals surface area (Å²) in [4.78, 5) is 10.5. The maximum Gasteiger partial charge on any atom is 0.216 e. The quantitative estimate of drug-likeness (QED) is 0.698. The first-order valence-electron chi connectivity index (χ1n) is 4.49. The zero-order valence-electron chi connectivity index (χ0n) is 8.77. The fourth-order valence-corrected chi connectivity index (χ4v) is 1.15. The number of rotatable bonds is 4. The average molecular weight is 170 g/mol. The molecule has 1 radical (unpaired) electrons. The smallest absolute Gasteiger partial charge is 0.216 e. The third-order valence-electron chi connectivity index (χ3n) is 1.49. The minimum atomic E-state index is -0.120. The van der Waals surface area contributed by atoms with E-state index in [0.717, 1.165) is 6.42 Å². The standard InChI is InChI=1S/C10H20NO/c1-8(2)11-9(7-12)6-10(3,4)5/h8-9,11H,6H2,1-5H3/t9-/m0/s1. The lowest BCUT2D eigenvalue weighted by Crippen LogP contribution is -2.38. The molecule has 0 aliphatic heterocycles. The monoisotopic (exact) mass is 170 g/mol. The normalized spacial score (nSPS) is 14.8. The van der Waals surface area contributed by atoms with E-state index in [1.165, 1.54) is 0 Å². The van der Waals surface area contributed by atoms with Crippen molar-refractivity contribution in [3.63, 3.8) is 0 Å². The number of hydrogen-bond donors (Lipinski definition) is 1. The molecule has 0 saturated heterocycles. The van der Waals surface area contributed by atoms with Crippen LogP contribution in [0.5, 0.6) is 0 Å². The maximum absolute atomic E-state index is 10.5. The molecule has 0 aliphatic rings. The second kappa shape index (κ2) is 4.61. The van der Waals surface area contributed by atoms with Gasteiger partial charge in [-0.2, -0.15) is 0 Å². The summed E-state index contributed by atoms with van der Waals surface area (Å²) in [5.74, 6) is 0. The number of carbonyl (C=O) groups excluding carboxylic acids is 1. The Hall–Kier alpha value is -0.370. The molecule has 0 aromatic rings. The minimum absolute atomic E-state index is 0.120. The van der Waals surface area contributed by atoms with E-state index in [4.69, 9.17) is 0 Å². The van der Waals surface area contributed by atoms with E-state index in [1.54, 1.807) is 0 Å². The fourth-order valence-electron chi connectivity index (χ4n) is 1.15. The van der Waals surface area contributed by atoms with Gasteiger partial charge in [0.1, 0.15) is 0 Å². The van der Waals surface area contributed by atoms with Crippen LogP contribution < -0.4 is 5.32 Å². The molecule has 0 saturated carbocycles. The molecule has 0 fully saturated rings. The van der Waals surface area contributed by atoms with Gasteiger partial charge in [-0.3, -0.25) is 4.79 Å². The zero-order chi connectivity index (χ0) is 9.78. The van der Waals surface area contributed by atoms with Gasteiger partial charge in [-0.25, -0.2) is 0 Å². The van der Waals surface area contributed by atoms with Crippen LogP contribution in [0.2, 0.25) is 0 Å². The predicted molar refractivity (Wildman–Crippen MR) is 51.8 cm³/mol. The molecule has 2 heteroatoms. The summed E-state index contributed by atoms with van der Waals surface area (Å²) in [6.45, 7) is 10.4. The van der Waals surface area contributed by atoms with Crippen molar-refractivity contribution >= 4 is 6.29 Å². The second-order valence-electron chi connectivity index (χ2n) is 4.76. The van der Waals surface area contributed by atoms with Crippen molar-refractivity contribution in [3.8, 4) is 0 Å². The third-order valence-corrected chi connectivity index (χ3v) is 1.49. The lowest BCUT2D eigenvalue weighted by Gasteiger charge is -2.23. The molecule has 0 heterocycles. The Balaban J connectivity index is 3.92. The van der Waals surface area contributed by atoms with Gasteiger partial charge in [-0.05, 0) is 11.8 Å². The SMILES string of the molecule is CC(C)N[C@H]([C]=O)CC(C)(C)C. The van der Waals surface area contributed by atoms with Crippen molar-refractivity contribution in [2.24, 2.45) is 5.41 Å². The molecule has 0 unspecified atom stereocenters. The predicted octanol–water partition coefficient (Wildman–Crippen LogP) is 1.90. The molecule has 0 aromatic heterocycles. The summed E-state index contributed by atoms with van der Waals surface area (Å²) in [7, 11) is 0. The molecule has 12 heavy (non-hydrogen) atoms. The molecule has 0 aliphatic carbocycles. The highest BCUT2D eigenvalue weighted by Crippen LogP contribution is 2.20. The highest BCUT2D eigenvalue weighted by Gasteiger charge is 2.18. The first kappa shape index (κ1) is 11.6. The van der Waals surface area contributed by atoms with Gasteiger partial charge >= 0.3 is 0 Å². The summed E-state index contributed by atoms with van der Waals surface area (Å²) >= 11 is 0. The fraction of sp³-hybridized carbons (Fsp3) is 0.900. The molecule has 71 valence electrons. The van der Waals surface area contributed by atoms with Crippen LogP contribution in [0.1, 0.15) is 41.0 Å². The lowest BCUT2D eigenvalue weighted by molar-refractivity contribution is 0.328. The van der Waals surface area contributed by atoms with E-state index in [1.807, 2.05) is 20.1 Å². The Kier molecular flexibility index (Phi) is 4.46. The van der Waals surface area contributed by atoms with Crippen LogP contribution in [0.3, 0.4) is 0 Å². The lowest BCUT2D eigenvalue weighted by atomic mass is 9.88. The molecule has 0 spiro atoms. The van der Waals surface area contributed by atoms with Crippen molar-refractivity contribution in [3.05, 3.63) is 0 Å². The van der Waals surface area contributed by atoms with Crippen molar-refractivity contribution in [2.75, 3.05) is 0 Å². The average Bonchev–Trinajstić information content (AvgIpc) is 1.82.